The molecule has 6 nitrogen and oxygen atoms in total. The second kappa shape index (κ2) is 9.03. The van der Waals surface area contributed by atoms with Gasteiger partial charge in [0, 0.05) is 11.8 Å². The van der Waals surface area contributed by atoms with Crippen molar-refractivity contribution in [2.45, 2.75) is 19.9 Å². The monoisotopic (exact) mass is 499 g/mol. The molecule has 1 heterocycles. The number of nitrogens with zero attached hydrogens (tertiary/aromatic N) is 1. The molecule has 35 heavy (non-hydrogen) atoms. The molecule has 1 aliphatic heterocycles. The Balaban J connectivity index is 2.03. The van der Waals surface area contributed by atoms with E-state index in [0.29, 0.717) is 11.3 Å². The number of hydrogen-bond acceptors (Lipinski definition) is 5. The Labute approximate surface area is 204 Å². The lowest BCUT2D eigenvalue weighted by Gasteiger charge is -2.26. The van der Waals surface area contributed by atoms with Crippen molar-refractivity contribution in [1.29, 1.82) is 0 Å². The SMILES string of the molecule is COc1c(C)cc(C)cc1/C(O)=C1\C(=O)C(=O)N(c2ccc(F)c(F)c2)C1c1ccc(O)c(Cl)c1. The number of aliphatic hydroxyl groups excluding tert-OH is 1. The van der Waals surface area contributed by atoms with Crippen LogP contribution in [-0.4, -0.2) is 29.0 Å². The van der Waals surface area contributed by atoms with E-state index in [4.69, 9.17) is 16.3 Å². The molecule has 0 aromatic heterocycles. The smallest absolute Gasteiger partial charge is 0.300 e. The molecule has 9 heteroatoms. The molecule has 3 aromatic carbocycles. The van der Waals surface area contributed by atoms with Crippen LogP contribution in [0.15, 0.2) is 54.1 Å². The minimum atomic E-state index is -1.26. The van der Waals surface area contributed by atoms with E-state index < -0.39 is 35.1 Å². The Bertz CT molecular complexity index is 1420. The van der Waals surface area contributed by atoms with Gasteiger partial charge in [0.15, 0.2) is 11.6 Å². The standard InChI is InChI=1S/C26H20ClF2NO5/c1-12-8-13(2)25(35-3)16(9-12)23(32)21-22(14-4-7-20(31)17(27)10-14)30(26(34)24(21)33)15-5-6-18(28)19(29)11-15/h4-11,22,31-32H,1-3H3/b23-21+. The number of Topliss-reactive ketones (excluding diaryl/α,β-unsaturated/α-hetero) is 1. The quantitative estimate of drug-likeness (QED) is 0.278. The summed E-state index contributed by atoms with van der Waals surface area (Å²) in [6, 6.07) is 8.94. The highest BCUT2D eigenvalue weighted by Crippen LogP contribution is 2.45. The van der Waals surface area contributed by atoms with Crippen molar-refractivity contribution >= 4 is 34.7 Å². The maximum Gasteiger partial charge on any atom is 0.300 e. The van der Waals surface area contributed by atoms with Crippen molar-refractivity contribution in [1.82, 2.24) is 0 Å². The molecule has 2 N–H and O–H groups in total. The maximum absolute atomic E-state index is 14.1. The van der Waals surface area contributed by atoms with Crippen LogP contribution in [0.3, 0.4) is 0 Å². The molecule has 1 aliphatic rings. The first-order valence-electron chi connectivity index (χ1n) is 10.4. The van der Waals surface area contributed by atoms with Crippen LogP contribution >= 0.6 is 11.6 Å². The maximum atomic E-state index is 14.1. The van der Waals surface area contributed by atoms with Gasteiger partial charge < -0.3 is 14.9 Å². The van der Waals surface area contributed by atoms with Crippen molar-refractivity contribution in [2.24, 2.45) is 0 Å². The number of halogens is 3. The van der Waals surface area contributed by atoms with Crippen molar-refractivity contribution in [3.05, 3.63) is 93.0 Å². The number of amides is 1. The van der Waals surface area contributed by atoms with E-state index in [0.717, 1.165) is 28.7 Å². The van der Waals surface area contributed by atoms with E-state index in [1.165, 1.54) is 25.3 Å². The number of carbonyl (C=O) groups is 2. The van der Waals surface area contributed by atoms with Gasteiger partial charge in [-0.15, -0.1) is 0 Å². The van der Waals surface area contributed by atoms with E-state index in [1.807, 2.05) is 6.07 Å². The Kier molecular flexibility index (Phi) is 6.25. The number of carbonyl (C=O) groups excluding carboxylic acids is 2. The first kappa shape index (κ1) is 24.2. The fraction of sp³-hybridized carbons (Fsp3) is 0.154. The van der Waals surface area contributed by atoms with E-state index in [-0.39, 0.29) is 33.2 Å². The fourth-order valence-corrected chi connectivity index (χ4v) is 4.48. The van der Waals surface area contributed by atoms with Gasteiger partial charge in [-0.2, -0.15) is 0 Å². The summed E-state index contributed by atoms with van der Waals surface area (Å²) in [5.74, 6) is -4.90. The van der Waals surface area contributed by atoms with Gasteiger partial charge >= 0.3 is 0 Å². The normalized spacial score (nSPS) is 17.2. The predicted octanol–water partition coefficient (Wildman–Crippen LogP) is 5.58. The van der Waals surface area contributed by atoms with Crippen LogP contribution in [-0.2, 0) is 9.59 Å². The average Bonchev–Trinajstić information content (AvgIpc) is 3.07. The molecule has 1 amide bonds. The van der Waals surface area contributed by atoms with Crippen molar-refractivity contribution in [3.63, 3.8) is 0 Å². The first-order valence-corrected chi connectivity index (χ1v) is 10.8. The second-order valence-corrected chi connectivity index (χ2v) is 8.55. The van der Waals surface area contributed by atoms with Gasteiger partial charge in [-0.25, -0.2) is 8.78 Å². The number of ketones is 1. The number of phenolic OH excluding ortho intramolecular Hbond substituents is 1. The average molecular weight is 500 g/mol. The highest BCUT2D eigenvalue weighted by molar-refractivity contribution is 6.51. The summed E-state index contributed by atoms with van der Waals surface area (Å²) >= 11 is 6.09. The largest absolute Gasteiger partial charge is 0.507 e. The van der Waals surface area contributed by atoms with E-state index in [9.17, 15) is 28.6 Å². The summed E-state index contributed by atoms with van der Waals surface area (Å²) in [7, 11) is 1.41. The third-order valence-electron chi connectivity index (χ3n) is 5.79. The van der Waals surface area contributed by atoms with Gasteiger partial charge in [-0.1, -0.05) is 23.7 Å². The Hall–Kier alpha value is -3.91. The lowest BCUT2D eigenvalue weighted by atomic mass is 9.93. The Morgan fingerprint density at radius 3 is 2.37 bits per heavy atom. The molecular weight excluding hydrogens is 480 g/mol. The molecule has 0 radical (unpaired) electrons. The van der Waals surface area contributed by atoms with Crippen LogP contribution in [0.4, 0.5) is 14.5 Å². The molecule has 0 aliphatic carbocycles. The summed E-state index contributed by atoms with van der Waals surface area (Å²) in [5.41, 5.74) is 1.48. The topological polar surface area (TPSA) is 87.1 Å². The van der Waals surface area contributed by atoms with Crippen LogP contribution < -0.4 is 9.64 Å². The molecule has 1 fully saturated rings. The third kappa shape index (κ3) is 4.10. The number of aromatic hydroxyl groups is 1. The summed E-state index contributed by atoms with van der Waals surface area (Å²) in [4.78, 5) is 27.4. The molecule has 1 unspecified atom stereocenters. The molecule has 0 bridgehead atoms. The number of ether oxygens (including phenoxy) is 1. The predicted molar refractivity (Wildman–Crippen MR) is 127 cm³/mol. The second-order valence-electron chi connectivity index (χ2n) is 8.14. The van der Waals surface area contributed by atoms with E-state index in [1.54, 1.807) is 19.9 Å². The minimum absolute atomic E-state index is 0.0673. The number of rotatable bonds is 4. The highest BCUT2D eigenvalue weighted by Gasteiger charge is 2.47. The molecule has 3 aromatic rings. The van der Waals surface area contributed by atoms with Crippen molar-refractivity contribution in [2.75, 3.05) is 12.0 Å². The summed E-state index contributed by atoms with van der Waals surface area (Å²) in [6.45, 7) is 3.56. The van der Waals surface area contributed by atoms with Crippen LogP contribution in [0.2, 0.25) is 5.02 Å². The zero-order chi connectivity index (χ0) is 25.6. The lowest BCUT2D eigenvalue weighted by Crippen LogP contribution is -2.29. The highest BCUT2D eigenvalue weighted by atomic mass is 35.5. The van der Waals surface area contributed by atoms with Gasteiger partial charge in [0.1, 0.15) is 17.3 Å². The van der Waals surface area contributed by atoms with Crippen LogP contribution in [0, 0.1) is 25.5 Å². The number of aliphatic hydroxyl groups is 1. The van der Waals surface area contributed by atoms with E-state index in [2.05, 4.69) is 0 Å². The zero-order valence-corrected chi connectivity index (χ0v) is 19.7. The lowest BCUT2D eigenvalue weighted by molar-refractivity contribution is -0.132. The number of benzene rings is 3. The van der Waals surface area contributed by atoms with Gasteiger partial charge in [0.2, 0.25) is 0 Å². The minimum Gasteiger partial charge on any atom is -0.507 e. The zero-order valence-electron chi connectivity index (χ0n) is 18.9. The Morgan fingerprint density at radius 1 is 1.03 bits per heavy atom. The molecule has 0 saturated carbocycles. The number of aryl methyl sites for hydroxylation is 2. The van der Waals surface area contributed by atoms with E-state index >= 15 is 0 Å². The molecular formula is C26H20ClF2NO5. The number of hydrogen-bond donors (Lipinski definition) is 2. The number of phenols is 1. The molecule has 4 rings (SSSR count). The van der Waals surface area contributed by atoms with Crippen LogP contribution in [0.5, 0.6) is 11.5 Å². The van der Waals surface area contributed by atoms with Crippen LogP contribution in [0.1, 0.15) is 28.3 Å². The fourth-order valence-electron chi connectivity index (χ4n) is 4.29. The van der Waals surface area contributed by atoms with Crippen molar-refractivity contribution in [3.8, 4) is 11.5 Å². The molecule has 180 valence electrons. The number of methoxy groups -OCH3 is 1. The number of anilines is 1. The van der Waals surface area contributed by atoms with Crippen molar-refractivity contribution < 1.29 is 33.3 Å². The van der Waals surface area contributed by atoms with Gasteiger partial charge in [-0.05, 0) is 60.9 Å². The third-order valence-corrected chi connectivity index (χ3v) is 6.09. The Morgan fingerprint density at radius 2 is 1.74 bits per heavy atom. The van der Waals surface area contributed by atoms with Crippen LogP contribution in [0.25, 0.3) is 5.76 Å². The summed E-state index contributed by atoms with van der Waals surface area (Å²) in [6.07, 6.45) is 0. The first-order chi connectivity index (χ1) is 16.5. The van der Waals surface area contributed by atoms with Gasteiger partial charge in [0.05, 0.1) is 29.3 Å². The molecule has 0 spiro atoms. The van der Waals surface area contributed by atoms with Gasteiger partial charge in [0.25, 0.3) is 11.7 Å². The summed E-state index contributed by atoms with van der Waals surface area (Å²) in [5, 5.41) is 21.2. The van der Waals surface area contributed by atoms with Gasteiger partial charge in [-0.3, -0.25) is 14.5 Å². The summed E-state index contributed by atoms with van der Waals surface area (Å²) < 4.78 is 33.1. The molecule has 1 atom stereocenters. The molecule has 1 saturated heterocycles.